The number of benzene rings is 1. The zero-order chi connectivity index (χ0) is 27.5. The number of carbonyl (C=O) groups is 1. The van der Waals surface area contributed by atoms with Crippen LogP contribution in [0.2, 0.25) is 0 Å². The van der Waals surface area contributed by atoms with Crippen LogP contribution >= 0.6 is 0 Å². The maximum absolute atomic E-state index is 13.4. The van der Waals surface area contributed by atoms with Crippen LogP contribution in [0.4, 0.5) is 0 Å². The summed E-state index contributed by atoms with van der Waals surface area (Å²) in [7, 11) is -1.71. The molecule has 1 aromatic carbocycles. The molecule has 2 saturated heterocycles. The number of sulfonamides is 1. The predicted molar refractivity (Wildman–Crippen MR) is 151 cm³/mol. The van der Waals surface area contributed by atoms with Gasteiger partial charge in [0.2, 0.25) is 10.0 Å². The number of nitrogens with one attached hydrogen (secondary N) is 1. The number of hydrogen-bond donors (Lipinski definition) is 1. The van der Waals surface area contributed by atoms with Crippen LogP contribution in [0.5, 0.6) is 0 Å². The molecule has 208 valence electrons. The molecule has 2 fully saturated rings. The van der Waals surface area contributed by atoms with Gasteiger partial charge in [-0.2, -0.15) is 0 Å². The van der Waals surface area contributed by atoms with Gasteiger partial charge in [0.05, 0.1) is 5.25 Å². The molecule has 0 spiro atoms. The van der Waals surface area contributed by atoms with Crippen LogP contribution in [0, 0.1) is 6.92 Å². The molecule has 2 aliphatic heterocycles. The van der Waals surface area contributed by atoms with Crippen molar-refractivity contribution in [2.24, 2.45) is 0 Å². The van der Waals surface area contributed by atoms with Gasteiger partial charge in [0.15, 0.2) is 0 Å². The van der Waals surface area contributed by atoms with Crippen molar-refractivity contribution in [3.05, 3.63) is 58.7 Å². The Hall–Kier alpha value is -2.36. The molecule has 8 nitrogen and oxygen atoms in total. The molecule has 3 heterocycles. The van der Waals surface area contributed by atoms with Crippen molar-refractivity contribution in [2.45, 2.75) is 82.9 Å². The minimum absolute atomic E-state index is 0.0158. The molecule has 0 radical (unpaired) electrons. The van der Waals surface area contributed by atoms with Gasteiger partial charge in [-0.05, 0) is 82.1 Å². The fourth-order valence-electron chi connectivity index (χ4n) is 5.69. The van der Waals surface area contributed by atoms with Crippen molar-refractivity contribution in [3.63, 3.8) is 0 Å². The molecule has 38 heavy (non-hydrogen) atoms. The molecule has 4 rings (SSSR count). The van der Waals surface area contributed by atoms with E-state index in [2.05, 4.69) is 64.6 Å². The van der Waals surface area contributed by atoms with Gasteiger partial charge in [-0.15, -0.1) is 0 Å². The lowest BCUT2D eigenvalue weighted by Gasteiger charge is -2.41. The Balaban J connectivity index is 1.31. The van der Waals surface area contributed by atoms with Crippen LogP contribution in [0.3, 0.4) is 0 Å². The summed E-state index contributed by atoms with van der Waals surface area (Å²) < 4.78 is 26.7. The van der Waals surface area contributed by atoms with E-state index in [4.69, 9.17) is 0 Å². The number of aryl methyl sites for hydroxylation is 2. The lowest BCUT2D eigenvalue weighted by molar-refractivity contribution is 0.0585. The number of amides is 1. The first-order chi connectivity index (χ1) is 18.0. The topological polar surface area (TPSA) is 95.5 Å². The van der Waals surface area contributed by atoms with Crippen LogP contribution < -0.4 is 4.72 Å². The van der Waals surface area contributed by atoms with E-state index in [1.807, 2.05) is 11.8 Å². The molecule has 2 aliphatic rings. The molecule has 0 aliphatic carbocycles. The van der Waals surface area contributed by atoms with Crippen LogP contribution in [0.25, 0.3) is 0 Å². The van der Waals surface area contributed by atoms with Crippen molar-refractivity contribution in [2.75, 3.05) is 33.2 Å². The number of likely N-dealkylation sites (tertiary alicyclic amines) is 2. The van der Waals surface area contributed by atoms with E-state index >= 15 is 0 Å². The second kappa shape index (κ2) is 11.8. The molecule has 0 bridgehead atoms. The number of aromatic nitrogens is 2. The summed E-state index contributed by atoms with van der Waals surface area (Å²) in [6, 6.07) is 9.18. The number of rotatable bonds is 7. The third-order valence-electron chi connectivity index (χ3n) is 8.33. The summed E-state index contributed by atoms with van der Waals surface area (Å²) in [5, 5.41) is -0.303. The first-order valence-corrected chi connectivity index (χ1v) is 15.4. The van der Waals surface area contributed by atoms with Gasteiger partial charge in [-0.1, -0.05) is 45.0 Å². The maximum Gasteiger partial charge on any atom is 0.272 e. The third-order valence-corrected chi connectivity index (χ3v) is 10.2. The van der Waals surface area contributed by atoms with E-state index in [0.29, 0.717) is 37.7 Å². The highest BCUT2D eigenvalue weighted by atomic mass is 32.2. The quantitative estimate of drug-likeness (QED) is 0.577. The van der Waals surface area contributed by atoms with E-state index in [1.54, 1.807) is 0 Å². The average molecular weight is 542 g/mol. The van der Waals surface area contributed by atoms with Gasteiger partial charge < -0.3 is 9.80 Å². The predicted octanol–water partition coefficient (Wildman–Crippen LogP) is 3.49. The van der Waals surface area contributed by atoms with Crippen LogP contribution in [-0.4, -0.2) is 78.6 Å². The smallest absolute Gasteiger partial charge is 0.272 e. The summed E-state index contributed by atoms with van der Waals surface area (Å²) >= 11 is 0. The highest BCUT2D eigenvalue weighted by Crippen LogP contribution is 2.25. The molecule has 1 N–H and O–H groups in total. The second-order valence-corrected chi connectivity index (χ2v) is 13.9. The van der Waals surface area contributed by atoms with Crippen LogP contribution in [0.1, 0.15) is 79.3 Å². The molecule has 2 aromatic rings. The normalized spacial score (nSPS) is 18.6. The molecular formula is C29H43N5O3S. The highest BCUT2D eigenvalue weighted by Gasteiger charge is 2.34. The van der Waals surface area contributed by atoms with Gasteiger partial charge in [0.1, 0.15) is 12.0 Å². The van der Waals surface area contributed by atoms with Gasteiger partial charge in [-0.3, -0.25) is 4.79 Å². The Morgan fingerprint density at radius 2 is 1.61 bits per heavy atom. The fraction of sp³-hybridized carbons (Fsp3) is 0.621. The van der Waals surface area contributed by atoms with E-state index in [1.165, 1.54) is 24.5 Å². The summed E-state index contributed by atoms with van der Waals surface area (Å²) in [4.78, 5) is 26.6. The van der Waals surface area contributed by atoms with E-state index in [-0.39, 0.29) is 16.6 Å². The SMILES string of the molecule is CNS(=O)(=O)C1CCN(C2CCN(C(=O)c3ncnc(CCc4ccc(C(C)(C)C)cc4)c3C)CC2)CC1. The standard InChI is InChI=1S/C29H43N5O3S/c1-21-26(11-8-22-6-9-23(10-7-22)29(2,3)4)31-20-32-27(21)28(35)34-16-12-24(13-17-34)33-18-14-25(15-19-33)38(36,37)30-5/h6-7,9-10,20,24-25,30H,8,11-19H2,1-5H3. The van der Waals surface area contributed by atoms with Gasteiger partial charge in [0.25, 0.3) is 5.91 Å². The van der Waals surface area contributed by atoms with Gasteiger partial charge in [0, 0.05) is 30.4 Å². The lowest BCUT2D eigenvalue weighted by Crippen LogP contribution is -2.51. The average Bonchev–Trinajstić information content (AvgIpc) is 2.92. The minimum Gasteiger partial charge on any atom is -0.337 e. The Morgan fingerprint density at radius 3 is 2.18 bits per heavy atom. The van der Waals surface area contributed by atoms with Crippen molar-refractivity contribution in [3.8, 4) is 0 Å². The molecule has 0 unspecified atom stereocenters. The molecule has 0 saturated carbocycles. The van der Waals surface area contributed by atoms with Gasteiger partial charge >= 0.3 is 0 Å². The Bertz CT molecular complexity index is 1210. The molecule has 0 atom stereocenters. The Kier molecular flexibility index (Phi) is 8.89. The van der Waals surface area contributed by atoms with Crippen LogP contribution in [0.15, 0.2) is 30.6 Å². The van der Waals surface area contributed by atoms with E-state index in [9.17, 15) is 13.2 Å². The molecule has 9 heteroatoms. The van der Waals surface area contributed by atoms with Crippen molar-refractivity contribution < 1.29 is 13.2 Å². The minimum atomic E-state index is -3.20. The summed E-state index contributed by atoms with van der Waals surface area (Å²) in [5.74, 6) is -0.0158. The first-order valence-electron chi connectivity index (χ1n) is 13.8. The van der Waals surface area contributed by atoms with Crippen LogP contribution in [-0.2, 0) is 28.3 Å². The zero-order valence-electron chi connectivity index (χ0n) is 23.5. The van der Waals surface area contributed by atoms with Crippen molar-refractivity contribution in [1.29, 1.82) is 0 Å². The monoisotopic (exact) mass is 541 g/mol. The molecular weight excluding hydrogens is 498 g/mol. The van der Waals surface area contributed by atoms with Crippen molar-refractivity contribution in [1.82, 2.24) is 24.5 Å². The fourth-order valence-corrected chi connectivity index (χ4v) is 6.85. The number of carbonyl (C=O) groups excluding carboxylic acids is 1. The maximum atomic E-state index is 13.4. The molecule has 1 aromatic heterocycles. The number of piperidine rings is 2. The summed E-state index contributed by atoms with van der Waals surface area (Å²) in [6.45, 7) is 11.6. The highest BCUT2D eigenvalue weighted by molar-refractivity contribution is 7.90. The van der Waals surface area contributed by atoms with Crippen molar-refractivity contribution >= 4 is 15.9 Å². The summed E-state index contributed by atoms with van der Waals surface area (Å²) in [5.41, 5.74) is 5.03. The third kappa shape index (κ3) is 6.61. The summed E-state index contributed by atoms with van der Waals surface area (Å²) in [6.07, 6.45) is 6.28. The second-order valence-electron chi connectivity index (χ2n) is 11.7. The van der Waals surface area contributed by atoms with E-state index < -0.39 is 10.0 Å². The Morgan fingerprint density at radius 1 is 0.974 bits per heavy atom. The number of hydrogen-bond acceptors (Lipinski definition) is 6. The largest absolute Gasteiger partial charge is 0.337 e. The van der Waals surface area contributed by atoms with E-state index in [0.717, 1.165) is 50.0 Å². The Labute approximate surface area is 228 Å². The van der Waals surface area contributed by atoms with Gasteiger partial charge in [-0.25, -0.2) is 23.1 Å². The first kappa shape index (κ1) is 28.6. The lowest BCUT2D eigenvalue weighted by atomic mass is 9.86. The number of nitrogens with zero attached hydrogens (tertiary/aromatic N) is 4. The zero-order valence-corrected chi connectivity index (χ0v) is 24.4. The molecule has 1 amide bonds.